The van der Waals surface area contributed by atoms with Gasteiger partial charge in [0.1, 0.15) is 5.75 Å². The van der Waals surface area contributed by atoms with Crippen LogP contribution in [0.4, 0.5) is 5.69 Å². The second-order valence-electron chi connectivity index (χ2n) is 4.98. The van der Waals surface area contributed by atoms with Gasteiger partial charge in [0.2, 0.25) is 5.91 Å². The number of anilines is 1. The molecule has 21 heavy (non-hydrogen) atoms. The van der Waals surface area contributed by atoms with Gasteiger partial charge in [-0.25, -0.2) is 0 Å². The van der Waals surface area contributed by atoms with Crippen LogP contribution < -0.4 is 10.1 Å². The van der Waals surface area contributed by atoms with E-state index in [4.69, 9.17) is 4.74 Å². The van der Waals surface area contributed by atoms with E-state index in [2.05, 4.69) is 34.0 Å². The minimum absolute atomic E-state index is 0.0411. The van der Waals surface area contributed by atoms with Crippen molar-refractivity contribution in [3.8, 4) is 5.75 Å². The maximum Gasteiger partial charge on any atom is 0.227 e. The van der Waals surface area contributed by atoms with E-state index >= 15 is 0 Å². The summed E-state index contributed by atoms with van der Waals surface area (Å²) in [6, 6.07) is 13.8. The fourth-order valence-electron chi connectivity index (χ4n) is 2.03. The Morgan fingerprint density at radius 2 is 1.71 bits per heavy atom. The molecular weight excluding hydrogens is 377 g/mol. The van der Waals surface area contributed by atoms with E-state index in [0.717, 1.165) is 26.1 Å². The molecule has 0 bridgehead atoms. The number of carbonyl (C=O) groups is 1. The van der Waals surface area contributed by atoms with E-state index in [-0.39, 0.29) is 5.91 Å². The van der Waals surface area contributed by atoms with Crippen molar-refractivity contribution in [2.45, 2.75) is 20.3 Å². The van der Waals surface area contributed by atoms with Gasteiger partial charge in [0.15, 0.2) is 0 Å². The lowest BCUT2D eigenvalue weighted by Gasteiger charge is -2.09. The maximum atomic E-state index is 11.8. The summed E-state index contributed by atoms with van der Waals surface area (Å²) >= 11 is 2.23. The molecule has 0 radical (unpaired) electrons. The third-order valence-corrected chi connectivity index (χ3v) is 3.64. The van der Waals surface area contributed by atoms with Crippen LogP contribution in [0.3, 0.4) is 0 Å². The number of hydrogen-bond acceptors (Lipinski definition) is 2. The van der Waals surface area contributed by atoms with Crippen LogP contribution in [-0.2, 0) is 4.79 Å². The molecule has 0 atom stereocenters. The molecule has 0 unspecified atom stereocenters. The number of carbonyl (C=O) groups excluding carboxylic acids is 1. The molecule has 2 rings (SSSR count). The summed E-state index contributed by atoms with van der Waals surface area (Å²) in [5.74, 6) is 0.773. The van der Waals surface area contributed by atoms with E-state index in [9.17, 15) is 4.79 Å². The number of nitrogens with one attached hydrogen (secondary N) is 1. The zero-order valence-corrected chi connectivity index (χ0v) is 14.3. The molecule has 0 fully saturated rings. The van der Waals surface area contributed by atoms with Gasteiger partial charge in [-0.15, -0.1) is 0 Å². The molecule has 0 spiro atoms. The largest absolute Gasteiger partial charge is 0.493 e. The number of rotatable bonds is 5. The molecule has 0 aliphatic carbocycles. The Bertz CT molecular complexity index is 603. The lowest BCUT2D eigenvalue weighted by molar-refractivity contribution is -0.116. The van der Waals surface area contributed by atoms with Gasteiger partial charge in [0.05, 0.1) is 13.0 Å². The summed E-state index contributed by atoms with van der Waals surface area (Å²) in [5.41, 5.74) is 3.13. The Morgan fingerprint density at radius 3 is 2.33 bits per heavy atom. The Labute approximate surface area is 138 Å². The Balaban J connectivity index is 1.80. The maximum absolute atomic E-state index is 11.8. The van der Waals surface area contributed by atoms with Gasteiger partial charge in [-0.2, -0.15) is 0 Å². The Kier molecular flexibility index (Phi) is 5.61. The highest BCUT2D eigenvalue weighted by Gasteiger charge is 2.03. The lowest BCUT2D eigenvalue weighted by Crippen LogP contribution is -2.15. The molecule has 0 heterocycles. The van der Waals surface area contributed by atoms with Crippen LogP contribution in [0.5, 0.6) is 5.75 Å². The molecular formula is C17H18INO2. The first-order valence-corrected chi connectivity index (χ1v) is 7.87. The fraction of sp³-hybridized carbons (Fsp3) is 0.235. The van der Waals surface area contributed by atoms with Gasteiger partial charge >= 0.3 is 0 Å². The van der Waals surface area contributed by atoms with Crippen LogP contribution in [0.1, 0.15) is 17.5 Å². The van der Waals surface area contributed by atoms with Crippen molar-refractivity contribution in [1.82, 2.24) is 0 Å². The summed E-state index contributed by atoms with van der Waals surface area (Å²) in [5, 5.41) is 2.86. The van der Waals surface area contributed by atoms with Gasteiger partial charge in [-0.05, 0) is 84.0 Å². The summed E-state index contributed by atoms with van der Waals surface area (Å²) in [6.07, 6.45) is 0.332. The van der Waals surface area contributed by atoms with Crippen LogP contribution in [-0.4, -0.2) is 12.5 Å². The van der Waals surface area contributed by atoms with E-state index in [1.54, 1.807) is 0 Å². The molecule has 0 saturated heterocycles. The van der Waals surface area contributed by atoms with Crippen LogP contribution in [0.25, 0.3) is 0 Å². The monoisotopic (exact) mass is 395 g/mol. The second kappa shape index (κ2) is 7.45. The van der Waals surface area contributed by atoms with E-state index in [0.29, 0.717) is 13.0 Å². The van der Waals surface area contributed by atoms with Gasteiger partial charge in [-0.3, -0.25) is 4.79 Å². The quantitative estimate of drug-likeness (QED) is 0.767. The van der Waals surface area contributed by atoms with Crippen molar-refractivity contribution in [3.05, 3.63) is 57.2 Å². The van der Waals surface area contributed by atoms with Crippen LogP contribution in [0.15, 0.2) is 42.5 Å². The van der Waals surface area contributed by atoms with Crippen molar-refractivity contribution in [2.75, 3.05) is 11.9 Å². The number of ether oxygens (including phenoxy) is 1. The topological polar surface area (TPSA) is 38.3 Å². The predicted octanol–water partition coefficient (Wildman–Crippen LogP) is 4.32. The van der Waals surface area contributed by atoms with E-state index in [1.165, 1.54) is 0 Å². The number of amides is 1. The Hall–Kier alpha value is -1.56. The van der Waals surface area contributed by atoms with Gasteiger partial charge in [-0.1, -0.05) is 6.07 Å². The third kappa shape index (κ3) is 5.38. The molecule has 0 saturated carbocycles. The van der Waals surface area contributed by atoms with Crippen molar-refractivity contribution >= 4 is 34.2 Å². The van der Waals surface area contributed by atoms with Crippen molar-refractivity contribution in [3.63, 3.8) is 0 Å². The van der Waals surface area contributed by atoms with Gasteiger partial charge < -0.3 is 10.1 Å². The van der Waals surface area contributed by atoms with Gasteiger partial charge in [0.25, 0.3) is 0 Å². The van der Waals surface area contributed by atoms with E-state index in [1.807, 2.05) is 50.2 Å². The molecule has 0 aliphatic rings. The summed E-state index contributed by atoms with van der Waals surface area (Å²) in [6.45, 7) is 4.44. The zero-order chi connectivity index (χ0) is 15.2. The molecule has 1 N–H and O–H groups in total. The van der Waals surface area contributed by atoms with Crippen molar-refractivity contribution in [2.24, 2.45) is 0 Å². The number of hydrogen-bond donors (Lipinski definition) is 1. The smallest absolute Gasteiger partial charge is 0.227 e. The molecule has 2 aromatic carbocycles. The standard InChI is InChI=1S/C17H18INO2/c1-12-9-13(2)11-16(10-12)21-8-7-17(20)19-15-5-3-14(18)4-6-15/h3-6,9-11H,7-8H2,1-2H3,(H,19,20). The highest BCUT2D eigenvalue weighted by molar-refractivity contribution is 14.1. The highest BCUT2D eigenvalue weighted by atomic mass is 127. The SMILES string of the molecule is Cc1cc(C)cc(OCCC(=O)Nc2ccc(I)cc2)c1. The molecule has 2 aromatic rings. The highest BCUT2D eigenvalue weighted by Crippen LogP contribution is 2.16. The lowest BCUT2D eigenvalue weighted by atomic mass is 10.1. The minimum Gasteiger partial charge on any atom is -0.493 e. The van der Waals surface area contributed by atoms with Crippen molar-refractivity contribution in [1.29, 1.82) is 0 Å². The average molecular weight is 395 g/mol. The number of benzene rings is 2. The Morgan fingerprint density at radius 1 is 1.10 bits per heavy atom. The van der Waals surface area contributed by atoms with Crippen LogP contribution >= 0.6 is 22.6 Å². The molecule has 1 amide bonds. The number of aryl methyl sites for hydroxylation is 2. The predicted molar refractivity (Wildman–Crippen MR) is 93.8 cm³/mol. The molecule has 3 nitrogen and oxygen atoms in total. The average Bonchev–Trinajstić information content (AvgIpc) is 2.40. The minimum atomic E-state index is -0.0411. The molecule has 0 aromatic heterocycles. The molecule has 110 valence electrons. The number of halogens is 1. The van der Waals surface area contributed by atoms with E-state index < -0.39 is 0 Å². The van der Waals surface area contributed by atoms with Crippen molar-refractivity contribution < 1.29 is 9.53 Å². The molecule has 0 aliphatic heterocycles. The first-order valence-electron chi connectivity index (χ1n) is 6.79. The summed E-state index contributed by atoms with van der Waals surface area (Å²) in [4.78, 5) is 11.8. The van der Waals surface area contributed by atoms with Crippen LogP contribution in [0.2, 0.25) is 0 Å². The normalized spacial score (nSPS) is 10.2. The van der Waals surface area contributed by atoms with Crippen LogP contribution in [0, 0.1) is 17.4 Å². The fourth-order valence-corrected chi connectivity index (χ4v) is 2.39. The first-order chi connectivity index (χ1) is 10.0. The van der Waals surface area contributed by atoms with Gasteiger partial charge in [0, 0.05) is 9.26 Å². The third-order valence-electron chi connectivity index (χ3n) is 2.92. The second-order valence-corrected chi connectivity index (χ2v) is 6.22. The molecule has 4 heteroatoms. The summed E-state index contributed by atoms with van der Waals surface area (Å²) in [7, 11) is 0. The zero-order valence-electron chi connectivity index (χ0n) is 12.2. The summed E-state index contributed by atoms with van der Waals surface area (Å²) < 4.78 is 6.78. The first kappa shape index (κ1) is 15.8.